The summed E-state index contributed by atoms with van der Waals surface area (Å²) in [5.41, 5.74) is 2.55. The molecule has 6 heteroatoms. The van der Waals surface area contributed by atoms with Gasteiger partial charge in [0.05, 0.1) is 4.90 Å². The first-order valence-electron chi connectivity index (χ1n) is 7.14. The van der Waals surface area contributed by atoms with E-state index in [9.17, 15) is 8.42 Å². The maximum Gasteiger partial charge on any atom is 0.240 e. The van der Waals surface area contributed by atoms with Gasteiger partial charge in [-0.25, -0.2) is 13.1 Å². The van der Waals surface area contributed by atoms with Crippen molar-refractivity contribution in [2.45, 2.75) is 11.3 Å². The van der Waals surface area contributed by atoms with E-state index in [4.69, 9.17) is 0 Å². The minimum Gasteiger partial charge on any atom is -0.370 e. The zero-order chi connectivity index (χ0) is 15.6. The van der Waals surface area contributed by atoms with Gasteiger partial charge in [0.15, 0.2) is 0 Å². The van der Waals surface area contributed by atoms with Gasteiger partial charge in [-0.05, 0) is 42.3 Å². The molecular weight excluding hydrogens is 364 g/mol. The van der Waals surface area contributed by atoms with Crippen LogP contribution in [0.2, 0.25) is 0 Å². The van der Waals surface area contributed by atoms with E-state index in [0.29, 0.717) is 13.1 Å². The lowest BCUT2D eigenvalue weighted by atomic mass is 10.2. The molecule has 0 atom stereocenters. The third-order valence-corrected chi connectivity index (χ3v) is 5.79. The number of para-hydroxylation sites is 1. The molecule has 0 amide bonds. The van der Waals surface area contributed by atoms with Crippen molar-refractivity contribution < 1.29 is 8.42 Å². The number of fused-ring (bicyclic) bond motifs is 1. The lowest BCUT2D eigenvalue weighted by Gasteiger charge is -2.19. The molecule has 0 spiro atoms. The van der Waals surface area contributed by atoms with E-state index >= 15 is 0 Å². The van der Waals surface area contributed by atoms with Crippen molar-refractivity contribution >= 4 is 31.6 Å². The minimum atomic E-state index is -3.44. The van der Waals surface area contributed by atoms with Crippen LogP contribution in [0.3, 0.4) is 0 Å². The first-order valence-corrected chi connectivity index (χ1v) is 9.42. The summed E-state index contributed by atoms with van der Waals surface area (Å²) in [6.45, 7) is 2.01. The fraction of sp³-hybridized carbons (Fsp3) is 0.250. The van der Waals surface area contributed by atoms with Gasteiger partial charge in [-0.3, -0.25) is 0 Å². The Hall–Kier alpha value is -1.37. The molecule has 0 saturated carbocycles. The highest BCUT2D eigenvalue weighted by molar-refractivity contribution is 9.10. The van der Waals surface area contributed by atoms with Crippen LogP contribution in [0.5, 0.6) is 0 Å². The molecule has 116 valence electrons. The van der Waals surface area contributed by atoms with E-state index in [-0.39, 0.29) is 4.90 Å². The number of hydrogen-bond acceptors (Lipinski definition) is 3. The lowest BCUT2D eigenvalue weighted by Crippen LogP contribution is -2.34. The normalized spacial score (nSPS) is 14.1. The Bertz CT molecular complexity index is 760. The minimum absolute atomic E-state index is 0.289. The van der Waals surface area contributed by atoms with E-state index in [0.717, 1.165) is 17.4 Å². The molecular formula is C16H17BrN2O2S. The third kappa shape index (κ3) is 3.34. The number of sulfonamides is 1. The Kier molecular flexibility index (Phi) is 4.52. The van der Waals surface area contributed by atoms with E-state index in [2.05, 4.69) is 37.7 Å². The average molecular weight is 381 g/mol. The van der Waals surface area contributed by atoms with Crippen LogP contribution in [0, 0.1) is 0 Å². The zero-order valence-electron chi connectivity index (χ0n) is 12.0. The van der Waals surface area contributed by atoms with Gasteiger partial charge >= 0.3 is 0 Å². The topological polar surface area (TPSA) is 49.4 Å². The number of nitrogens with zero attached hydrogens (tertiary/aromatic N) is 1. The van der Waals surface area contributed by atoms with Crippen LogP contribution in [0.1, 0.15) is 5.56 Å². The predicted molar refractivity (Wildman–Crippen MR) is 91.7 cm³/mol. The van der Waals surface area contributed by atoms with Crippen molar-refractivity contribution in [2.75, 3.05) is 24.5 Å². The summed E-state index contributed by atoms with van der Waals surface area (Å²) < 4.78 is 28.0. The van der Waals surface area contributed by atoms with Crippen LogP contribution in [0.15, 0.2) is 57.9 Å². The van der Waals surface area contributed by atoms with Gasteiger partial charge < -0.3 is 4.90 Å². The van der Waals surface area contributed by atoms with Crippen LogP contribution < -0.4 is 9.62 Å². The SMILES string of the molecule is O=S(=O)(NCCN1CCc2ccccc21)c1ccc(Br)cc1. The van der Waals surface area contributed by atoms with E-state index in [1.807, 2.05) is 12.1 Å². The fourth-order valence-corrected chi connectivity index (χ4v) is 3.94. The molecule has 0 unspecified atom stereocenters. The van der Waals surface area contributed by atoms with Gasteiger partial charge in [-0.15, -0.1) is 0 Å². The molecule has 2 aromatic rings. The summed E-state index contributed by atoms with van der Waals surface area (Å²) in [6, 6.07) is 14.9. The van der Waals surface area contributed by atoms with Crippen molar-refractivity contribution in [1.82, 2.24) is 4.72 Å². The van der Waals surface area contributed by atoms with Crippen molar-refractivity contribution in [1.29, 1.82) is 0 Å². The monoisotopic (exact) mass is 380 g/mol. The molecule has 1 aliphatic heterocycles. The van der Waals surface area contributed by atoms with Gasteiger partial charge in [0.25, 0.3) is 0 Å². The second-order valence-corrected chi connectivity index (χ2v) is 7.90. The van der Waals surface area contributed by atoms with E-state index < -0.39 is 10.0 Å². The molecule has 0 aliphatic carbocycles. The Labute approximate surface area is 139 Å². The van der Waals surface area contributed by atoms with Gasteiger partial charge in [0, 0.05) is 29.8 Å². The molecule has 0 fully saturated rings. The molecule has 3 rings (SSSR count). The number of benzene rings is 2. The van der Waals surface area contributed by atoms with Crippen molar-refractivity contribution in [3.05, 3.63) is 58.6 Å². The highest BCUT2D eigenvalue weighted by atomic mass is 79.9. The first-order chi connectivity index (χ1) is 10.6. The fourth-order valence-electron chi connectivity index (χ4n) is 2.65. The Morgan fingerprint density at radius 2 is 1.82 bits per heavy atom. The number of rotatable bonds is 5. The lowest BCUT2D eigenvalue weighted by molar-refractivity contribution is 0.581. The summed E-state index contributed by atoms with van der Waals surface area (Å²) in [5.74, 6) is 0. The molecule has 0 saturated heterocycles. The van der Waals surface area contributed by atoms with Crippen molar-refractivity contribution in [3.8, 4) is 0 Å². The van der Waals surface area contributed by atoms with Crippen LogP contribution in [-0.2, 0) is 16.4 Å². The average Bonchev–Trinajstić information content (AvgIpc) is 2.91. The Balaban J connectivity index is 1.60. The standard InChI is InChI=1S/C16H17BrN2O2S/c17-14-5-7-15(8-6-14)22(20,21)18-10-12-19-11-9-13-3-1-2-4-16(13)19/h1-8,18H,9-12H2. The second-order valence-electron chi connectivity index (χ2n) is 5.22. The van der Waals surface area contributed by atoms with Crippen LogP contribution >= 0.6 is 15.9 Å². The molecule has 0 radical (unpaired) electrons. The molecule has 1 heterocycles. The number of anilines is 1. The molecule has 0 bridgehead atoms. The molecule has 2 aromatic carbocycles. The first kappa shape index (κ1) is 15.5. The maximum absolute atomic E-state index is 12.2. The Morgan fingerprint density at radius 1 is 1.09 bits per heavy atom. The molecule has 4 nitrogen and oxygen atoms in total. The van der Waals surface area contributed by atoms with Gasteiger partial charge in [-0.2, -0.15) is 0 Å². The van der Waals surface area contributed by atoms with Gasteiger partial charge in [-0.1, -0.05) is 34.1 Å². The van der Waals surface area contributed by atoms with Gasteiger partial charge in [0.2, 0.25) is 10.0 Å². The second kappa shape index (κ2) is 6.40. The van der Waals surface area contributed by atoms with E-state index in [1.54, 1.807) is 24.3 Å². The highest BCUT2D eigenvalue weighted by Gasteiger charge is 2.19. The maximum atomic E-state index is 12.2. The van der Waals surface area contributed by atoms with Crippen molar-refractivity contribution in [3.63, 3.8) is 0 Å². The van der Waals surface area contributed by atoms with Crippen LogP contribution in [0.25, 0.3) is 0 Å². The summed E-state index contributed by atoms with van der Waals surface area (Å²) in [6.07, 6.45) is 1.02. The summed E-state index contributed by atoms with van der Waals surface area (Å²) in [5, 5.41) is 0. The molecule has 0 aromatic heterocycles. The van der Waals surface area contributed by atoms with E-state index in [1.165, 1.54) is 11.3 Å². The number of nitrogens with one attached hydrogen (secondary N) is 1. The van der Waals surface area contributed by atoms with Crippen LogP contribution in [0.4, 0.5) is 5.69 Å². The highest BCUT2D eigenvalue weighted by Crippen LogP contribution is 2.26. The Morgan fingerprint density at radius 3 is 2.59 bits per heavy atom. The zero-order valence-corrected chi connectivity index (χ0v) is 14.4. The van der Waals surface area contributed by atoms with Crippen LogP contribution in [-0.4, -0.2) is 28.1 Å². The quantitative estimate of drug-likeness (QED) is 0.867. The summed E-state index contributed by atoms with van der Waals surface area (Å²) >= 11 is 3.30. The molecule has 1 N–H and O–H groups in total. The molecule has 22 heavy (non-hydrogen) atoms. The largest absolute Gasteiger partial charge is 0.370 e. The molecule has 1 aliphatic rings. The van der Waals surface area contributed by atoms with Crippen molar-refractivity contribution in [2.24, 2.45) is 0 Å². The third-order valence-electron chi connectivity index (χ3n) is 3.78. The van der Waals surface area contributed by atoms with Gasteiger partial charge in [0.1, 0.15) is 0 Å². The number of hydrogen-bond donors (Lipinski definition) is 1. The predicted octanol–water partition coefficient (Wildman–Crippen LogP) is 2.79. The number of halogens is 1. The summed E-state index contributed by atoms with van der Waals surface area (Å²) in [7, 11) is -3.44. The summed E-state index contributed by atoms with van der Waals surface area (Å²) in [4.78, 5) is 2.51. The smallest absolute Gasteiger partial charge is 0.240 e.